The number of hydrogen-bond acceptors (Lipinski definition) is 0. The molecule has 0 nitrogen and oxygen atoms in total. The van der Waals surface area contributed by atoms with Gasteiger partial charge < -0.3 is 0 Å². The molecule has 1 atom stereocenters. The van der Waals surface area contributed by atoms with Crippen LogP contribution in [0.5, 0.6) is 0 Å². The molecular weight excluding hydrogens is 120 g/mol. The van der Waals surface area contributed by atoms with Gasteiger partial charge in [0.05, 0.1) is 0 Å². The average Bonchev–Trinajstić information content (AvgIpc) is 1.89. The van der Waals surface area contributed by atoms with Gasteiger partial charge in [-0.15, -0.1) is 0 Å². The lowest BCUT2D eigenvalue weighted by atomic mass is 9.76. The summed E-state index contributed by atoms with van der Waals surface area (Å²) in [6.45, 7) is 4.70. The zero-order chi connectivity index (χ0) is 7.45. The lowest BCUT2D eigenvalue weighted by molar-refractivity contribution is 0.265. The van der Waals surface area contributed by atoms with Gasteiger partial charge >= 0.3 is 0 Å². The highest BCUT2D eigenvalue weighted by molar-refractivity contribution is 4.95. The van der Waals surface area contributed by atoms with E-state index in [0.717, 1.165) is 0 Å². The Labute approximate surface area is 64.3 Å². The Morgan fingerprint density at radius 1 is 1.40 bits per heavy atom. The van der Waals surface area contributed by atoms with Gasteiger partial charge in [0, 0.05) is 0 Å². The Kier molecular flexibility index (Phi) is 2.53. The molecule has 1 rings (SSSR count). The number of allylic oxidation sites excluding steroid dienone is 2. The third kappa shape index (κ3) is 1.86. The molecule has 0 heteroatoms. The Hall–Kier alpha value is -0.260. The fourth-order valence-corrected chi connectivity index (χ4v) is 1.85. The summed E-state index contributed by atoms with van der Waals surface area (Å²) in [6, 6.07) is 0. The molecule has 10 heavy (non-hydrogen) atoms. The molecule has 58 valence electrons. The molecular formula is C10H18. The van der Waals surface area contributed by atoms with E-state index in [1.165, 1.54) is 32.1 Å². The lowest BCUT2D eigenvalue weighted by Gasteiger charge is -2.30. The molecule has 0 spiro atoms. The fourth-order valence-electron chi connectivity index (χ4n) is 1.85. The van der Waals surface area contributed by atoms with Crippen LogP contribution in [0.4, 0.5) is 0 Å². The van der Waals surface area contributed by atoms with Gasteiger partial charge in [-0.25, -0.2) is 0 Å². The molecule has 0 aliphatic heterocycles. The van der Waals surface area contributed by atoms with E-state index < -0.39 is 0 Å². The Morgan fingerprint density at radius 2 is 2.20 bits per heavy atom. The first-order chi connectivity index (χ1) is 4.77. The highest BCUT2D eigenvalue weighted by atomic mass is 14.3. The molecule has 0 saturated heterocycles. The summed E-state index contributed by atoms with van der Waals surface area (Å²) in [5.74, 6) is 0. The van der Waals surface area contributed by atoms with Crippen molar-refractivity contribution in [1.82, 2.24) is 0 Å². The molecule has 1 unspecified atom stereocenters. The molecule has 0 aromatic heterocycles. The third-order valence-electron chi connectivity index (χ3n) is 2.55. The zero-order valence-corrected chi connectivity index (χ0v) is 7.19. The van der Waals surface area contributed by atoms with E-state index in [4.69, 9.17) is 0 Å². The molecule has 1 aliphatic carbocycles. The van der Waals surface area contributed by atoms with Crippen molar-refractivity contribution in [2.45, 2.75) is 46.0 Å². The van der Waals surface area contributed by atoms with E-state index in [2.05, 4.69) is 26.0 Å². The molecule has 0 radical (unpaired) electrons. The van der Waals surface area contributed by atoms with Crippen molar-refractivity contribution in [2.24, 2.45) is 5.41 Å². The molecule has 0 aromatic rings. The first-order valence-electron chi connectivity index (χ1n) is 4.42. The van der Waals surface area contributed by atoms with Gasteiger partial charge in [0.15, 0.2) is 0 Å². The summed E-state index contributed by atoms with van der Waals surface area (Å²) in [7, 11) is 0. The second kappa shape index (κ2) is 3.23. The van der Waals surface area contributed by atoms with Crippen molar-refractivity contribution in [3.8, 4) is 0 Å². The quantitative estimate of drug-likeness (QED) is 0.512. The van der Waals surface area contributed by atoms with Crippen LogP contribution in [0.1, 0.15) is 46.0 Å². The van der Waals surface area contributed by atoms with Gasteiger partial charge in [-0.2, -0.15) is 0 Å². The molecule has 0 aromatic carbocycles. The maximum Gasteiger partial charge on any atom is -0.0288 e. The van der Waals surface area contributed by atoms with Gasteiger partial charge in [0.25, 0.3) is 0 Å². The van der Waals surface area contributed by atoms with Crippen molar-refractivity contribution in [3.05, 3.63) is 12.2 Å². The predicted molar refractivity (Wildman–Crippen MR) is 46.0 cm³/mol. The Bertz CT molecular complexity index is 124. The van der Waals surface area contributed by atoms with Gasteiger partial charge in [0.2, 0.25) is 0 Å². The van der Waals surface area contributed by atoms with Crippen molar-refractivity contribution >= 4 is 0 Å². The first-order valence-corrected chi connectivity index (χ1v) is 4.42. The van der Waals surface area contributed by atoms with Crippen molar-refractivity contribution in [2.75, 3.05) is 0 Å². The molecule has 0 heterocycles. The van der Waals surface area contributed by atoms with Crippen LogP contribution in [-0.2, 0) is 0 Å². The van der Waals surface area contributed by atoms with E-state index in [1.807, 2.05) is 0 Å². The molecule has 1 aliphatic rings. The van der Waals surface area contributed by atoms with Crippen LogP contribution in [0, 0.1) is 5.41 Å². The maximum absolute atomic E-state index is 2.42. The van der Waals surface area contributed by atoms with Crippen LogP contribution in [0.3, 0.4) is 0 Å². The van der Waals surface area contributed by atoms with Gasteiger partial charge in [-0.3, -0.25) is 0 Å². The third-order valence-corrected chi connectivity index (χ3v) is 2.55. The number of hydrogen-bond donors (Lipinski definition) is 0. The van der Waals surface area contributed by atoms with E-state index in [1.54, 1.807) is 0 Å². The second-order valence-electron chi connectivity index (χ2n) is 3.77. The lowest BCUT2D eigenvalue weighted by Crippen LogP contribution is -2.16. The monoisotopic (exact) mass is 138 g/mol. The largest absolute Gasteiger partial charge is 0.0885 e. The van der Waals surface area contributed by atoms with E-state index in [0.29, 0.717) is 5.41 Å². The highest BCUT2D eigenvalue weighted by Gasteiger charge is 2.22. The summed E-state index contributed by atoms with van der Waals surface area (Å²) in [6.07, 6.45) is 11.4. The van der Waals surface area contributed by atoms with Gasteiger partial charge in [-0.05, 0) is 31.1 Å². The van der Waals surface area contributed by atoms with Crippen molar-refractivity contribution in [3.63, 3.8) is 0 Å². The van der Waals surface area contributed by atoms with Crippen LogP contribution >= 0.6 is 0 Å². The standard InChI is InChI=1S/C10H18/c1-3-7-10(2)8-5-4-6-9-10/h4-5H,3,6-9H2,1-2H3. The smallest absolute Gasteiger partial charge is 0.0288 e. The minimum atomic E-state index is 0.642. The van der Waals surface area contributed by atoms with E-state index >= 15 is 0 Å². The SMILES string of the molecule is CCCC1(C)CC=CCC1. The fraction of sp³-hybridized carbons (Fsp3) is 0.800. The highest BCUT2D eigenvalue weighted by Crippen LogP contribution is 2.36. The minimum absolute atomic E-state index is 0.642. The normalized spacial score (nSPS) is 32.6. The van der Waals surface area contributed by atoms with Crippen LogP contribution in [-0.4, -0.2) is 0 Å². The van der Waals surface area contributed by atoms with Crippen molar-refractivity contribution in [1.29, 1.82) is 0 Å². The van der Waals surface area contributed by atoms with E-state index in [-0.39, 0.29) is 0 Å². The zero-order valence-electron chi connectivity index (χ0n) is 7.19. The Morgan fingerprint density at radius 3 is 2.70 bits per heavy atom. The topological polar surface area (TPSA) is 0 Å². The van der Waals surface area contributed by atoms with Crippen LogP contribution in [0.15, 0.2) is 12.2 Å². The second-order valence-corrected chi connectivity index (χ2v) is 3.77. The molecule has 0 amide bonds. The molecule has 0 bridgehead atoms. The summed E-state index contributed by atoms with van der Waals surface area (Å²) in [4.78, 5) is 0. The van der Waals surface area contributed by atoms with Crippen LogP contribution in [0.25, 0.3) is 0 Å². The van der Waals surface area contributed by atoms with Crippen LogP contribution in [0.2, 0.25) is 0 Å². The summed E-state index contributed by atoms with van der Waals surface area (Å²) >= 11 is 0. The van der Waals surface area contributed by atoms with E-state index in [9.17, 15) is 0 Å². The van der Waals surface area contributed by atoms with Gasteiger partial charge in [0.1, 0.15) is 0 Å². The first kappa shape index (κ1) is 7.84. The average molecular weight is 138 g/mol. The van der Waals surface area contributed by atoms with Crippen molar-refractivity contribution < 1.29 is 0 Å². The maximum atomic E-state index is 2.42. The summed E-state index contributed by atoms with van der Waals surface area (Å²) in [5.41, 5.74) is 0.642. The Balaban J connectivity index is 2.43. The molecule has 0 fully saturated rings. The summed E-state index contributed by atoms with van der Waals surface area (Å²) in [5, 5.41) is 0. The molecule has 0 N–H and O–H groups in total. The summed E-state index contributed by atoms with van der Waals surface area (Å²) < 4.78 is 0. The van der Waals surface area contributed by atoms with Crippen LogP contribution < -0.4 is 0 Å². The number of rotatable bonds is 2. The van der Waals surface area contributed by atoms with Gasteiger partial charge in [-0.1, -0.05) is 32.4 Å². The minimum Gasteiger partial charge on any atom is -0.0885 e. The molecule has 0 saturated carbocycles. The predicted octanol–water partition coefficient (Wildman–Crippen LogP) is 3.53.